The number of fused-ring (bicyclic) bond motifs is 1. The molecular weight excluding hydrogens is 366 g/mol. The van der Waals surface area contributed by atoms with Crippen molar-refractivity contribution in [1.82, 2.24) is 0 Å². The molecule has 3 rings (SSSR count). The molecule has 0 bridgehead atoms. The molecule has 0 saturated carbocycles. The lowest BCUT2D eigenvalue weighted by molar-refractivity contribution is -0.141. The molecule has 1 atom stereocenters. The van der Waals surface area contributed by atoms with E-state index in [1.165, 1.54) is 11.8 Å². The maximum absolute atomic E-state index is 13.0. The van der Waals surface area contributed by atoms with E-state index in [2.05, 4.69) is 0 Å². The van der Waals surface area contributed by atoms with Gasteiger partial charge in [0.2, 0.25) is 0 Å². The molecule has 1 aliphatic rings. The molecule has 2 aromatic carbocycles. The number of hydrogen-bond acceptors (Lipinski definition) is 4. The molecule has 142 valence electrons. The number of ketones is 1. The number of benzene rings is 2. The van der Waals surface area contributed by atoms with E-state index in [1.807, 2.05) is 32.0 Å². The van der Waals surface area contributed by atoms with E-state index in [4.69, 9.17) is 16.3 Å². The van der Waals surface area contributed by atoms with Gasteiger partial charge in [-0.05, 0) is 38.5 Å². The number of amides is 1. The fourth-order valence-corrected chi connectivity index (χ4v) is 3.82. The SMILES string of the molecule is CC(=O)CC1(O)C(=O)N(CCOc2ccccc2Cl)c2c(C)cc(C)cc21. The van der Waals surface area contributed by atoms with Gasteiger partial charge >= 0.3 is 0 Å². The minimum atomic E-state index is -1.83. The summed E-state index contributed by atoms with van der Waals surface area (Å²) >= 11 is 6.09. The van der Waals surface area contributed by atoms with Gasteiger partial charge in [0, 0.05) is 12.0 Å². The maximum atomic E-state index is 13.0. The van der Waals surface area contributed by atoms with E-state index in [9.17, 15) is 14.7 Å². The zero-order chi connectivity index (χ0) is 19.8. The summed E-state index contributed by atoms with van der Waals surface area (Å²) in [5.41, 5.74) is 1.10. The Bertz CT molecular complexity index is 911. The second kappa shape index (κ2) is 7.33. The summed E-state index contributed by atoms with van der Waals surface area (Å²) in [6.07, 6.45) is -0.246. The summed E-state index contributed by atoms with van der Waals surface area (Å²) in [6.45, 7) is 5.60. The summed E-state index contributed by atoms with van der Waals surface area (Å²) in [5, 5.41) is 11.6. The molecule has 0 radical (unpaired) electrons. The van der Waals surface area contributed by atoms with Gasteiger partial charge in [-0.25, -0.2) is 0 Å². The van der Waals surface area contributed by atoms with E-state index in [1.54, 1.807) is 18.2 Å². The highest BCUT2D eigenvalue weighted by Gasteiger charge is 2.50. The third kappa shape index (κ3) is 3.57. The predicted molar refractivity (Wildman–Crippen MR) is 104 cm³/mol. The fourth-order valence-electron chi connectivity index (χ4n) is 3.63. The van der Waals surface area contributed by atoms with E-state index >= 15 is 0 Å². The second-order valence-electron chi connectivity index (χ2n) is 6.95. The van der Waals surface area contributed by atoms with Crippen LogP contribution in [0.4, 0.5) is 5.69 Å². The number of rotatable bonds is 6. The van der Waals surface area contributed by atoms with E-state index in [0.29, 0.717) is 22.0 Å². The Morgan fingerprint density at radius 3 is 2.63 bits per heavy atom. The van der Waals surface area contributed by atoms with Crippen LogP contribution in [-0.4, -0.2) is 29.9 Å². The molecule has 1 unspecified atom stereocenters. The number of ether oxygens (including phenoxy) is 1. The highest BCUT2D eigenvalue weighted by atomic mass is 35.5. The van der Waals surface area contributed by atoms with Crippen LogP contribution >= 0.6 is 11.6 Å². The van der Waals surface area contributed by atoms with E-state index < -0.39 is 11.5 Å². The highest BCUT2D eigenvalue weighted by Crippen LogP contribution is 2.44. The first kappa shape index (κ1) is 19.4. The molecule has 1 heterocycles. The Morgan fingerprint density at radius 1 is 1.26 bits per heavy atom. The topological polar surface area (TPSA) is 66.8 Å². The second-order valence-corrected chi connectivity index (χ2v) is 7.36. The number of anilines is 1. The number of hydrogen-bond donors (Lipinski definition) is 1. The minimum absolute atomic E-state index is 0.207. The lowest BCUT2D eigenvalue weighted by atomic mass is 9.88. The molecule has 1 aliphatic heterocycles. The summed E-state index contributed by atoms with van der Waals surface area (Å²) in [7, 11) is 0. The van der Waals surface area contributed by atoms with Gasteiger partial charge in [-0.15, -0.1) is 0 Å². The molecule has 5 nitrogen and oxygen atoms in total. The zero-order valence-electron chi connectivity index (χ0n) is 15.6. The Balaban J connectivity index is 1.89. The van der Waals surface area contributed by atoms with Crippen LogP contribution in [0.1, 0.15) is 30.0 Å². The van der Waals surface area contributed by atoms with Crippen LogP contribution in [0.15, 0.2) is 36.4 Å². The van der Waals surface area contributed by atoms with Gasteiger partial charge in [-0.2, -0.15) is 0 Å². The first-order valence-electron chi connectivity index (χ1n) is 8.77. The summed E-state index contributed by atoms with van der Waals surface area (Å²) < 4.78 is 5.70. The number of Topliss-reactive ketones (excluding diaryl/α,β-unsaturated/α-hetero) is 1. The van der Waals surface area contributed by atoms with Crippen molar-refractivity contribution in [2.24, 2.45) is 0 Å². The van der Waals surface area contributed by atoms with Crippen molar-refractivity contribution in [3.05, 3.63) is 58.1 Å². The standard InChI is InChI=1S/C21H22ClNO4/c1-13-10-14(2)19-16(11-13)21(26,12-15(3)24)20(25)23(19)8-9-27-18-7-5-4-6-17(18)22/h4-7,10-11,26H,8-9,12H2,1-3H3. The van der Waals surface area contributed by atoms with E-state index in [0.717, 1.165) is 11.1 Å². The van der Waals surface area contributed by atoms with Crippen LogP contribution in [0, 0.1) is 13.8 Å². The van der Waals surface area contributed by atoms with Crippen LogP contribution in [0.2, 0.25) is 5.02 Å². The molecule has 0 fully saturated rings. The Morgan fingerprint density at radius 2 is 1.96 bits per heavy atom. The van der Waals surface area contributed by atoms with Crippen LogP contribution in [-0.2, 0) is 15.2 Å². The van der Waals surface area contributed by atoms with Gasteiger partial charge in [0.05, 0.1) is 17.3 Å². The van der Waals surface area contributed by atoms with Crippen LogP contribution < -0.4 is 9.64 Å². The van der Waals surface area contributed by atoms with Crippen molar-refractivity contribution in [1.29, 1.82) is 0 Å². The van der Waals surface area contributed by atoms with Crippen molar-refractivity contribution in [3.63, 3.8) is 0 Å². The first-order chi connectivity index (χ1) is 12.7. The van der Waals surface area contributed by atoms with Gasteiger partial charge in [0.25, 0.3) is 5.91 Å². The van der Waals surface area contributed by atoms with Crippen molar-refractivity contribution < 1.29 is 19.4 Å². The van der Waals surface area contributed by atoms with Gasteiger partial charge in [0.1, 0.15) is 18.1 Å². The highest BCUT2D eigenvalue weighted by molar-refractivity contribution is 6.32. The van der Waals surface area contributed by atoms with Gasteiger partial charge in [-0.1, -0.05) is 41.4 Å². The number of aryl methyl sites for hydroxylation is 2. The zero-order valence-corrected chi connectivity index (χ0v) is 16.3. The minimum Gasteiger partial charge on any atom is -0.490 e. The van der Waals surface area contributed by atoms with Gasteiger partial charge < -0.3 is 14.7 Å². The molecule has 1 N–H and O–H groups in total. The molecule has 0 aromatic heterocycles. The average Bonchev–Trinajstić information content (AvgIpc) is 2.78. The predicted octanol–water partition coefficient (Wildman–Crippen LogP) is 3.55. The molecule has 2 aromatic rings. The largest absolute Gasteiger partial charge is 0.490 e. The normalized spacial score (nSPS) is 18.6. The van der Waals surface area contributed by atoms with Crippen LogP contribution in [0.5, 0.6) is 5.75 Å². The molecular formula is C21H22ClNO4. The third-order valence-corrected chi connectivity index (χ3v) is 4.99. The molecule has 0 saturated heterocycles. The van der Waals surface area contributed by atoms with Crippen LogP contribution in [0.3, 0.4) is 0 Å². The maximum Gasteiger partial charge on any atom is 0.264 e. The average molecular weight is 388 g/mol. The van der Waals surface area contributed by atoms with Crippen LogP contribution in [0.25, 0.3) is 0 Å². The third-order valence-electron chi connectivity index (χ3n) is 4.67. The quantitative estimate of drug-likeness (QED) is 0.823. The molecule has 6 heteroatoms. The number of carbonyl (C=O) groups is 2. The fraction of sp³-hybridized carbons (Fsp3) is 0.333. The van der Waals surface area contributed by atoms with Crippen molar-refractivity contribution in [2.75, 3.05) is 18.1 Å². The number of halogens is 1. The summed E-state index contributed by atoms with van der Waals surface area (Å²) in [6, 6.07) is 10.8. The molecule has 27 heavy (non-hydrogen) atoms. The number of carbonyl (C=O) groups excluding carboxylic acids is 2. The Labute approximate surface area is 163 Å². The number of nitrogens with zero attached hydrogens (tertiary/aromatic N) is 1. The Hall–Kier alpha value is -2.37. The smallest absolute Gasteiger partial charge is 0.264 e. The van der Waals surface area contributed by atoms with Gasteiger partial charge in [0.15, 0.2) is 5.60 Å². The first-order valence-corrected chi connectivity index (χ1v) is 9.14. The Kier molecular flexibility index (Phi) is 5.27. The van der Waals surface area contributed by atoms with Gasteiger partial charge in [-0.3, -0.25) is 9.59 Å². The van der Waals surface area contributed by atoms with Crippen molar-refractivity contribution in [3.8, 4) is 5.75 Å². The lowest BCUT2D eigenvalue weighted by Crippen LogP contribution is -2.43. The molecule has 0 spiro atoms. The van der Waals surface area contributed by atoms with Crippen molar-refractivity contribution >= 4 is 29.0 Å². The summed E-state index contributed by atoms with van der Waals surface area (Å²) in [5.74, 6) is -0.208. The van der Waals surface area contributed by atoms with E-state index in [-0.39, 0.29) is 25.4 Å². The number of para-hydroxylation sites is 1. The number of aliphatic hydroxyl groups is 1. The lowest BCUT2D eigenvalue weighted by Gasteiger charge is -2.22. The monoisotopic (exact) mass is 387 g/mol. The van der Waals surface area contributed by atoms with Crippen molar-refractivity contribution in [2.45, 2.75) is 32.8 Å². The summed E-state index contributed by atoms with van der Waals surface area (Å²) in [4.78, 5) is 26.2. The molecule has 1 amide bonds. The molecule has 0 aliphatic carbocycles.